The zero-order valence-corrected chi connectivity index (χ0v) is 14.9. The Hall–Kier alpha value is -0.330. The van der Waals surface area contributed by atoms with Crippen molar-refractivity contribution in [2.24, 2.45) is 0 Å². The van der Waals surface area contributed by atoms with Gasteiger partial charge in [-0.15, -0.1) is 0 Å². The van der Waals surface area contributed by atoms with Crippen LogP contribution in [-0.4, -0.2) is 0 Å². The molecular formula is C16H10S5. The molecule has 0 spiro atoms. The van der Waals surface area contributed by atoms with Gasteiger partial charge in [0.25, 0.3) is 0 Å². The molecule has 1 heterocycles. The molecule has 0 N–H and O–H groups in total. The summed E-state index contributed by atoms with van der Waals surface area (Å²) in [7, 11) is 9.27. The molecule has 0 bridgehead atoms. The van der Waals surface area contributed by atoms with Crippen molar-refractivity contribution in [1.82, 2.24) is 0 Å². The highest BCUT2D eigenvalue weighted by atomic mass is 33.8. The smallest absolute Gasteiger partial charge is 0.0414 e. The van der Waals surface area contributed by atoms with E-state index < -0.39 is 0 Å². The molecule has 0 fully saturated rings. The van der Waals surface area contributed by atoms with Gasteiger partial charge in [0.1, 0.15) is 0 Å². The Morgan fingerprint density at radius 3 is 2.33 bits per heavy atom. The van der Waals surface area contributed by atoms with Gasteiger partial charge in [-0.2, -0.15) is 0 Å². The summed E-state index contributed by atoms with van der Waals surface area (Å²) < 4.78 is 0. The zero-order chi connectivity index (χ0) is 14.1. The molecule has 0 saturated heterocycles. The molecule has 0 aliphatic carbocycles. The molecule has 5 heteroatoms. The minimum Gasteiger partial charge on any atom is -0.0616 e. The second kappa shape index (κ2) is 6.42. The standard InChI is InChI=1S/C16H10S5/c1-2-7-12-11(5-1)6-3-8-13(12)14-9-4-10-15-16(14)18-20-21-19-17-15/h1-10H. The Morgan fingerprint density at radius 2 is 1.33 bits per heavy atom. The number of hydrogen-bond acceptors (Lipinski definition) is 5. The van der Waals surface area contributed by atoms with E-state index in [9.17, 15) is 0 Å². The van der Waals surface area contributed by atoms with Crippen LogP contribution in [0.5, 0.6) is 0 Å². The van der Waals surface area contributed by atoms with Crippen molar-refractivity contribution in [3.05, 3.63) is 60.7 Å². The van der Waals surface area contributed by atoms with Crippen LogP contribution in [0.1, 0.15) is 0 Å². The fourth-order valence-corrected chi connectivity index (χ4v) is 11.5. The summed E-state index contributed by atoms with van der Waals surface area (Å²) in [6.07, 6.45) is 0. The zero-order valence-electron chi connectivity index (χ0n) is 10.8. The number of rotatable bonds is 1. The van der Waals surface area contributed by atoms with Crippen molar-refractivity contribution in [3.8, 4) is 11.1 Å². The molecule has 21 heavy (non-hydrogen) atoms. The Balaban J connectivity index is 1.97. The van der Waals surface area contributed by atoms with E-state index in [-0.39, 0.29) is 0 Å². The third-order valence-electron chi connectivity index (χ3n) is 3.36. The first-order valence-corrected chi connectivity index (χ1v) is 12.5. The van der Waals surface area contributed by atoms with Crippen molar-refractivity contribution in [3.63, 3.8) is 0 Å². The maximum atomic E-state index is 2.25. The Morgan fingerprint density at radius 1 is 0.571 bits per heavy atom. The molecule has 1 aliphatic heterocycles. The van der Waals surface area contributed by atoms with Crippen LogP contribution in [0.3, 0.4) is 0 Å². The second-order valence-electron chi connectivity index (χ2n) is 4.53. The summed E-state index contributed by atoms with van der Waals surface area (Å²) in [6.45, 7) is 0. The van der Waals surface area contributed by atoms with Gasteiger partial charge in [0.05, 0.1) is 0 Å². The van der Waals surface area contributed by atoms with Crippen LogP contribution in [0.4, 0.5) is 0 Å². The summed E-state index contributed by atoms with van der Waals surface area (Å²) in [5.41, 5.74) is 2.67. The third-order valence-corrected chi connectivity index (χ3v) is 11.9. The van der Waals surface area contributed by atoms with Crippen molar-refractivity contribution >= 4 is 61.8 Å². The van der Waals surface area contributed by atoms with Crippen LogP contribution in [0, 0.1) is 0 Å². The topological polar surface area (TPSA) is 0 Å². The van der Waals surface area contributed by atoms with E-state index in [1.165, 1.54) is 31.7 Å². The van der Waals surface area contributed by atoms with E-state index in [4.69, 9.17) is 0 Å². The maximum Gasteiger partial charge on any atom is 0.0414 e. The highest BCUT2D eigenvalue weighted by molar-refractivity contribution is 9.36. The van der Waals surface area contributed by atoms with Crippen LogP contribution in [-0.2, 0) is 0 Å². The van der Waals surface area contributed by atoms with Gasteiger partial charge in [-0.3, -0.25) is 0 Å². The first-order chi connectivity index (χ1) is 10.4. The maximum absolute atomic E-state index is 2.25. The summed E-state index contributed by atoms with van der Waals surface area (Å²) >= 11 is 0. The van der Waals surface area contributed by atoms with Gasteiger partial charge in [-0.25, -0.2) is 0 Å². The minimum absolute atomic E-state index is 1.30. The fourth-order valence-electron chi connectivity index (χ4n) is 2.45. The molecular weight excluding hydrogens is 353 g/mol. The predicted octanol–water partition coefficient (Wildman–Crippen LogP) is 7.56. The van der Waals surface area contributed by atoms with Crippen LogP contribution in [0.25, 0.3) is 21.9 Å². The van der Waals surface area contributed by atoms with Crippen LogP contribution in [0.15, 0.2) is 70.5 Å². The lowest BCUT2D eigenvalue weighted by atomic mass is 9.98. The van der Waals surface area contributed by atoms with Crippen molar-refractivity contribution in [1.29, 1.82) is 0 Å². The summed E-state index contributed by atoms with van der Waals surface area (Å²) in [4.78, 5) is 2.76. The van der Waals surface area contributed by atoms with Crippen molar-refractivity contribution < 1.29 is 0 Å². The van der Waals surface area contributed by atoms with E-state index in [1.807, 2.05) is 51.1 Å². The Kier molecular flexibility index (Phi) is 4.37. The van der Waals surface area contributed by atoms with E-state index in [2.05, 4.69) is 60.7 Å². The quantitative estimate of drug-likeness (QED) is 0.408. The molecule has 0 amide bonds. The number of hydrogen-bond donors (Lipinski definition) is 0. The first kappa shape index (κ1) is 14.3. The molecule has 0 radical (unpaired) electrons. The van der Waals surface area contributed by atoms with Gasteiger partial charge in [0, 0.05) is 9.79 Å². The van der Waals surface area contributed by atoms with Crippen LogP contribution in [0.2, 0.25) is 0 Å². The minimum atomic E-state index is 1.30. The summed E-state index contributed by atoms with van der Waals surface area (Å²) in [5, 5.41) is 2.63. The van der Waals surface area contributed by atoms with Crippen molar-refractivity contribution in [2.75, 3.05) is 0 Å². The lowest BCUT2D eigenvalue weighted by Crippen LogP contribution is -1.85. The molecule has 0 unspecified atom stereocenters. The molecule has 0 atom stereocenters. The highest BCUT2D eigenvalue weighted by Gasteiger charge is 2.17. The van der Waals surface area contributed by atoms with Gasteiger partial charge in [-0.05, 0) is 79.0 Å². The van der Waals surface area contributed by atoms with Gasteiger partial charge in [0.15, 0.2) is 0 Å². The van der Waals surface area contributed by atoms with Gasteiger partial charge < -0.3 is 0 Å². The number of benzene rings is 3. The second-order valence-corrected chi connectivity index (χ2v) is 12.0. The monoisotopic (exact) mass is 362 g/mol. The van der Waals surface area contributed by atoms with Gasteiger partial charge in [0.2, 0.25) is 0 Å². The Labute approximate surface area is 142 Å². The van der Waals surface area contributed by atoms with E-state index >= 15 is 0 Å². The first-order valence-electron chi connectivity index (χ1n) is 6.39. The molecule has 4 rings (SSSR count). The molecule has 3 aromatic rings. The Bertz CT molecular complexity index is 794. The van der Waals surface area contributed by atoms with E-state index in [1.54, 1.807) is 0 Å². The normalized spacial score (nSPS) is 14.7. The van der Waals surface area contributed by atoms with E-state index in [0.29, 0.717) is 0 Å². The van der Waals surface area contributed by atoms with Gasteiger partial charge in [-0.1, -0.05) is 54.6 Å². The molecule has 0 saturated carbocycles. The third kappa shape index (κ3) is 2.82. The average Bonchev–Trinajstić information content (AvgIpc) is 2.79. The lowest BCUT2D eigenvalue weighted by molar-refractivity contribution is 1.27. The molecule has 1 aliphatic rings. The largest absolute Gasteiger partial charge is 0.0616 e. The predicted molar refractivity (Wildman–Crippen MR) is 104 cm³/mol. The fraction of sp³-hybridized carbons (Fsp3) is 0. The number of fused-ring (bicyclic) bond motifs is 2. The van der Waals surface area contributed by atoms with Crippen molar-refractivity contribution in [2.45, 2.75) is 9.79 Å². The lowest BCUT2D eigenvalue weighted by Gasteiger charge is -2.12. The molecule has 3 aromatic carbocycles. The van der Waals surface area contributed by atoms with Crippen LogP contribution < -0.4 is 0 Å². The summed E-state index contributed by atoms with van der Waals surface area (Å²) in [6, 6.07) is 21.8. The SMILES string of the molecule is c1cc2c(c(-c3cccc4ccccc34)c1)SSSSS2. The van der Waals surface area contributed by atoms with Crippen LogP contribution >= 0.6 is 51.1 Å². The summed E-state index contributed by atoms with van der Waals surface area (Å²) in [5.74, 6) is 0. The van der Waals surface area contributed by atoms with E-state index in [0.717, 1.165) is 0 Å². The molecule has 104 valence electrons. The molecule has 0 nitrogen and oxygen atoms in total. The van der Waals surface area contributed by atoms with Gasteiger partial charge >= 0.3 is 0 Å². The average molecular weight is 363 g/mol. The molecule has 0 aromatic heterocycles. The highest BCUT2D eigenvalue weighted by Crippen LogP contribution is 2.60.